The molecule has 2 fully saturated rings. The molecular formula is C22H22N6O. The maximum atomic E-state index is 13.3. The fraction of sp³-hybridized carbons (Fsp3) is 0.364. The minimum Gasteiger partial charge on any atom is -0.337 e. The van der Waals surface area contributed by atoms with Gasteiger partial charge in [-0.05, 0) is 32.1 Å². The Kier molecular flexibility index (Phi) is 3.39. The van der Waals surface area contributed by atoms with Crippen molar-refractivity contribution in [3.05, 3.63) is 48.9 Å². The number of hydrogen-bond donors (Lipinski definition) is 0. The topological polar surface area (TPSA) is 67.2 Å². The fourth-order valence-corrected chi connectivity index (χ4v) is 5.42. The molecule has 2 unspecified atom stereocenters. The summed E-state index contributed by atoms with van der Waals surface area (Å²) in [6.07, 6.45) is 10.6. The van der Waals surface area contributed by atoms with Crippen molar-refractivity contribution in [2.24, 2.45) is 0 Å². The minimum absolute atomic E-state index is 0.191. The Morgan fingerprint density at radius 2 is 1.97 bits per heavy atom. The maximum Gasteiger partial charge on any atom is 0.252 e. The van der Waals surface area contributed by atoms with E-state index >= 15 is 0 Å². The van der Waals surface area contributed by atoms with Crippen molar-refractivity contribution >= 4 is 17.4 Å². The molecule has 1 aromatic carbocycles. The summed E-state index contributed by atoms with van der Waals surface area (Å²) in [4.78, 5) is 31.5. The molecule has 2 saturated heterocycles. The van der Waals surface area contributed by atoms with Gasteiger partial charge < -0.3 is 9.80 Å². The van der Waals surface area contributed by atoms with Crippen molar-refractivity contribution in [3.8, 4) is 17.3 Å². The highest BCUT2D eigenvalue weighted by molar-refractivity contribution is 6.08. The lowest BCUT2D eigenvalue weighted by Gasteiger charge is -2.50. The van der Waals surface area contributed by atoms with E-state index in [1.165, 1.54) is 0 Å². The molecule has 0 N–H and O–H groups in total. The van der Waals surface area contributed by atoms with Crippen molar-refractivity contribution < 1.29 is 4.79 Å². The van der Waals surface area contributed by atoms with E-state index in [2.05, 4.69) is 14.9 Å². The summed E-state index contributed by atoms with van der Waals surface area (Å²) in [7, 11) is 1.85. The van der Waals surface area contributed by atoms with E-state index in [9.17, 15) is 4.79 Å². The summed E-state index contributed by atoms with van der Waals surface area (Å²) >= 11 is 0. The molecule has 0 saturated carbocycles. The van der Waals surface area contributed by atoms with E-state index in [-0.39, 0.29) is 5.91 Å². The number of anilines is 2. The van der Waals surface area contributed by atoms with Crippen LogP contribution in [0.4, 0.5) is 11.5 Å². The average molecular weight is 386 g/mol. The largest absolute Gasteiger partial charge is 0.337 e. The summed E-state index contributed by atoms with van der Waals surface area (Å²) in [5.74, 6) is 2.47. The lowest BCUT2D eigenvalue weighted by atomic mass is 9.85. The summed E-state index contributed by atoms with van der Waals surface area (Å²) < 4.78 is 1.92. The third-order valence-electron chi connectivity index (χ3n) is 6.76. The molecule has 7 nitrogen and oxygen atoms in total. The van der Waals surface area contributed by atoms with Gasteiger partial charge in [0.1, 0.15) is 17.1 Å². The third-order valence-corrected chi connectivity index (χ3v) is 6.76. The van der Waals surface area contributed by atoms with E-state index in [4.69, 9.17) is 4.98 Å². The first-order chi connectivity index (χ1) is 14.2. The highest BCUT2D eigenvalue weighted by Gasteiger charge is 2.58. The van der Waals surface area contributed by atoms with Crippen LogP contribution in [0.15, 0.2) is 48.9 Å². The third kappa shape index (κ3) is 2.18. The summed E-state index contributed by atoms with van der Waals surface area (Å²) in [6.45, 7) is 0. The van der Waals surface area contributed by atoms with E-state index < -0.39 is 5.54 Å². The summed E-state index contributed by atoms with van der Waals surface area (Å²) in [6, 6.07) is 10.4. The number of fused-ring (bicyclic) bond motifs is 1. The minimum atomic E-state index is -0.423. The van der Waals surface area contributed by atoms with Crippen LogP contribution in [0, 0.1) is 0 Å². The Hall–Kier alpha value is -3.22. The number of piperidine rings is 1. The zero-order valence-corrected chi connectivity index (χ0v) is 16.3. The first kappa shape index (κ1) is 16.7. The van der Waals surface area contributed by atoms with Gasteiger partial charge in [0.2, 0.25) is 5.95 Å². The van der Waals surface area contributed by atoms with Crippen molar-refractivity contribution in [1.29, 1.82) is 0 Å². The number of imidazole rings is 1. The highest BCUT2D eigenvalue weighted by Crippen LogP contribution is 2.52. The van der Waals surface area contributed by atoms with Gasteiger partial charge in [-0.1, -0.05) is 30.3 Å². The lowest BCUT2D eigenvalue weighted by molar-refractivity contribution is -0.124. The molecule has 2 aromatic heterocycles. The quantitative estimate of drug-likeness (QED) is 0.677. The number of hydrogen-bond acceptors (Lipinski definition) is 5. The molecule has 29 heavy (non-hydrogen) atoms. The number of benzene rings is 1. The molecule has 0 radical (unpaired) electrons. The van der Waals surface area contributed by atoms with Crippen LogP contribution in [-0.4, -0.2) is 44.1 Å². The molecule has 5 heterocycles. The van der Waals surface area contributed by atoms with Crippen LogP contribution in [0.1, 0.15) is 32.1 Å². The Morgan fingerprint density at radius 3 is 2.83 bits per heavy atom. The number of rotatable bonds is 2. The van der Waals surface area contributed by atoms with Crippen molar-refractivity contribution in [1.82, 2.24) is 19.5 Å². The Morgan fingerprint density at radius 1 is 1.10 bits per heavy atom. The second kappa shape index (κ2) is 5.89. The smallest absolute Gasteiger partial charge is 0.252 e. The van der Waals surface area contributed by atoms with E-state index in [0.717, 1.165) is 55.0 Å². The van der Waals surface area contributed by atoms with Crippen LogP contribution in [-0.2, 0) is 4.79 Å². The molecule has 3 aliphatic rings. The first-order valence-corrected chi connectivity index (χ1v) is 10.2. The normalized spacial score (nSPS) is 25.1. The van der Waals surface area contributed by atoms with Gasteiger partial charge in [-0.2, -0.15) is 4.98 Å². The summed E-state index contributed by atoms with van der Waals surface area (Å²) in [5.41, 5.74) is 1.39. The van der Waals surface area contributed by atoms with Crippen molar-refractivity contribution in [3.63, 3.8) is 0 Å². The van der Waals surface area contributed by atoms with Gasteiger partial charge in [0.25, 0.3) is 5.91 Å². The van der Waals surface area contributed by atoms with E-state index in [1.807, 2.05) is 48.1 Å². The number of amides is 1. The van der Waals surface area contributed by atoms with Crippen LogP contribution >= 0.6 is 0 Å². The number of likely N-dealkylation sites (N-methyl/N-ethyl adjacent to an activating group) is 1. The molecule has 3 aliphatic heterocycles. The van der Waals surface area contributed by atoms with E-state index in [1.54, 1.807) is 17.3 Å². The van der Waals surface area contributed by atoms with Crippen molar-refractivity contribution in [2.75, 3.05) is 16.8 Å². The number of nitrogens with zero attached hydrogens (tertiary/aromatic N) is 6. The molecule has 6 rings (SSSR count). The van der Waals surface area contributed by atoms with Gasteiger partial charge in [-0.15, -0.1) is 0 Å². The first-order valence-electron chi connectivity index (χ1n) is 10.2. The zero-order chi connectivity index (χ0) is 19.6. The number of carbonyl (C=O) groups is 1. The predicted octanol–water partition coefficient (Wildman–Crippen LogP) is 3.20. The standard InChI is InChI=1S/C22H22N6O/c1-26-17-14-24-21(27-13-12-23-18(27)15-6-3-2-4-7-15)25-19(17)28-16-8-5-10-22(28,11-9-16)20(26)29/h2-4,6-7,12-14,16H,5,8-11H2,1H3. The monoisotopic (exact) mass is 386 g/mol. The Bertz CT molecular complexity index is 1110. The van der Waals surface area contributed by atoms with Gasteiger partial charge in [0.05, 0.1) is 6.20 Å². The molecule has 7 heteroatoms. The van der Waals surface area contributed by atoms with Gasteiger partial charge in [-0.3, -0.25) is 9.36 Å². The highest BCUT2D eigenvalue weighted by atomic mass is 16.2. The average Bonchev–Trinajstić information content (AvgIpc) is 3.34. The summed E-state index contributed by atoms with van der Waals surface area (Å²) in [5, 5.41) is 0. The van der Waals surface area contributed by atoms with Crippen LogP contribution in [0.25, 0.3) is 17.3 Å². The molecule has 0 aliphatic carbocycles. The van der Waals surface area contributed by atoms with Gasteiger partial charge in [-0.25, -0.2) is 9.97 Å². The van der Waals surface area contributed by atoms with Gasteiger partial charge in [0, 0.05) is 31.0 Å². The van der Waals surface area contributed by atoms with Crippen LogP contribution < -0.4 is 9.80 Å². The molecule has 3 aromatic rings. The SMILES string of the molecule is CN1C(=O)C23CCCC(CC2)N3c2nc(-n3ccnc3-c3ccccc3)ncc21. The second-order valence-electron chi connectivity index (χ2n) is 8.22. The maximum absolute atomic E-state index is 13.3. The van der Waals surface area contributed by atoms with E-state index in [0.29, 0.717) is 12.0 Å². The Labute approximate surface area is 169 Å². The number of carbonyl (C=O) groups excluding carboxylic acids is 1. The molecule has 2 bridgehead atoms. The fourth-order valence-electron chi connectivity index (χ4n) is 5.42. The zero-order valence-electron chi connectivity index (χ0n) is 16.3. The molecule has 0 spiro atoms. The van der Waals surface area contributed by atoms with Gasteiger partial charge in [0.15, 0.2) is 5.82 Å². The Balaban J connectivity index is 1.51. The number of aromatic nitrogens is 4. The van der Waals surface area contributed by atoms with Crippen LogP contribution in [0.5, 0.6) is 0 Å². The van der Waals surface area contributed by atoms with Crippen LogP contribution in [0.3, 0.4) is 0 Å². The molecule has 1 amide bonds. The van der Waals surface area contributed by atoms with Crippen molar-refractivity contribution in [2.45, 2.75) is 43.7 Å². The predicted molar refractivity (Wildman–Crippen MR) is 110 cm³/mol. The molecule has 146 valence electrons. The molecule has 2 atom stereocenters. The lowest BCUT2D eigenvalue weighted by Crippen LogP contribution is -2.63. The van der Waals surface area contributed by atoms with Gasteiger partial charge >= 0.3 is 0 Å². The molecular weight excluding hydrogens is 364 g/mol. The second-order valence-corrected chi connectivity index (χ2v) is 8.22. The van der Waals surface area contributed by atoms with Crippen LogP contribution in [0.2, 0.25) is 0 Å².